The third-order valence-corrected chi connectivity index (χ3v) is 3.53. The van der Waals surface area contributed by atoms with Crippen LogP contribution in [0.4, 0.5) is 0 Å². The molecule has 0 aromatic heterocycles. The normalized spacial score (nSPS) is 39.5. The molecule has 1 aliphatic carbocycles. The molecular weight excluding hydrogens is 164 g/mol. The molecule has 3 heteroatoms. The van der Waals surface area contributed by atoms with Crippen molar-refractivity contribution in [3.8, 4) is 0 Å². The summed E-state index contributed by atoms with van der Waals surface area (Å²) in [6.45, 7) is 0.802. The lowest BCUT2D eigenvalue weighted by atomic mass is 9.76. The summed E-state index contributed by atoms with van der Waals surface area (Å²) in [5, 5.41) is 3.45. The lowest BCUT2D eigenvalue weighted by molar-refractivity contribution is -0.123. The summed E-state index contributed by atoms with van der Waals surface area (Å²) in [7, 11) is 0. The highest BCUT2D eigenvalue weighted by atomic mass is 16.1. The Morgan fingerprint density at radius 1 is 1.31 bits per heavy atom. The zero-order valence-corrected chi connectivity index (χ0v) is 7.96. The smallest absolute Gasteiger partial charge is 0.221 e. The summed E-state index contributed by atoms with van der Waals surface area (Å²) >= 11 is 0. The third kappa shape index (κ3) is 1.85. The first-order valence-corrected chi connectivity index (χ1v) is 5.30. The summed E-state index contributed by atoms with van der Waals surface area (Å²) in [6.07, 6.45) is 6.26. The molecule has 0 bridgehead atoms. The minimum atomic E-state index is -0.128. The van der Waals surface area contributed by atoms with Crippen molar-refractivity contribution >= 4 is 5.91 Å². The van der Waals surface area contributed by atoms with Crippen molar-refractivity contribution in [2.45, 2.75) is 38.1 Å². The first-order chi connectivity index (χ1) is 6.27. The lowest BCUT2D eigenvalue weighted by Crippen LogP contribution is -2.49. The van der Waals surface area contributed by atoms with E-state index in [1.54, 1.807) is 0 Å². The van der Waals surface area contributed by atoms with Crippen molar-refractivity contribution in [2.24, 2.45) is 17.6 Å². The van der Waals surface area contributed by atoms with Gasteiger partial charge in [-0.3, -0.25) is 4.79 Å². The highest BCUT2D eigenvalue weighted by molar-refractivity contribution is 5.77. The lowest BCUT2D eigenvalue weighted by Gasteiger charge is -2.39. The van der Waals surface area contributed by atoms with Gasteiger partial charge in [0.25, 0.3) is 0 Å². The largest absolute Gasteiger partial charge is 0.369 e. The van der Waals surface area contributed by atoms with E-state index in [1.807, 2.05) is 0 Å². The molecule has 3 atom stereocenters. The Balaban J connectivity index is 1.95. The Morgan fingerprint density at radius 2 is 2.08 bits per heavy atom. The predicted octanol–water partition coefficient (Wildman–Crippen LogP) is 0.640. The molecule has 13 heavy (non-hydrogen) atoms. The summed E-state index contributed by atoms with van der Waals surface area (Å²) in [5.74, 6) is 0.663. The van der Waals surface area contributed by atoms with Crippen LogP contribution in [0.25, 0.3) is 0 Å². The number of fused-ring (bicyclic) bond motifs is 1. The first kappa shape index (κ1) is 9.00. The third-order valence-electron chi connectivity index (χ3n) is 3.53. The van der Waals surface area contributed by atoms with Crippen LogP contribution >= 0.6 is 0 Å². The van der Waals surface area contributed by atoms with Crippen LogP contribution in [0, 0.1) is 11.8 Å². The van der Waals surface area contributed by atoms with Crippen LogP contribution in [0.5, 0.6) is 0 Å². The highest BCUT2D eigenvalue weighted by Crippen LogP contribution is 2.32. The van der Waals surface area contributed by atoms with Gasteiger partial charge in [0.2, 0.25) is 5.91 Å². The summed E-state index contributed by atoms with van der Waals surface area (Å²) < 4.78 is 0. The molecule has 0 radical (unpaired) electrons. The highest BCUT2D eigenvalue weighted by Gasteiger charge is 2.33. The zero-order chi connectivity index (χ0) is 9.26. The summed E-state index contributed by atoms with van der Waals surface area (Å²) in [6, 6.07) is 0.671. The molecule has 1 saturated carbocycles. The predicted molar refractivity (Wildman–Crippen MR) is 51.1 cm³/mol. The fourth-order valence-electron chi connectivity index (χ4n) is 2.72. The van der Waals surface area contributed by atoms with E-state index in [0.29, 0.717) is 12.0 Å². The van der Waals surface area contributed by atoms with Crippen LogP contribution in [0.1, 0.15) is 32.1 Å². The molecule has 2 unspecified atom stereocenters. The SMILES string of the molecule is NC(=O)C1CN[C@H]2CCCCC2C1. The van der Waals surface area contributed by atoms with Gasteiger partial charge in [-0.15, -0.1) is 0 Å². The molecular formula is C10H18N2O. The average molecular weight is 182 g/mol. The van der Waals surface area contributed by atoms with Crippen molar-refractivity contribution in [2.75, 3.05) is 6.54 Å². The number of primary amides is 1. The second kappa shape index (κ2) is 3.66. The Hall–Kier alpha value is -0.570. The molecule has 3 nitrogen and oxygen atoms in total. The maximum atomic E-state index is 11.0. The van der Waals surface area contributed by atoms with E-state index in [2.05, 4.69) is 5.32 Å². The number of rotatable bonds is 1. The van der Waals surface area contributed by atoms with Gasteiger partial charge < -0.3 is 11.1 Å². The van der Waals surface area contributed by atoms with Crippen LogP contribution in [0.3, 0.4) is 0 Å². The van der Waals surface area contributed by atoms with E-state index in [-0.39, 0.29) is 11.8 Å². The number of carbonyl (C=O) groups excluding carboxylic acids is 1. The minimum absolute atomic E-state index is 0.0827. The van der Waals surface area contributed by atoms with Crippen LogP contribution in [-0.4, -0.2) is 18.5 Å². The molecule has 3 N–H and O–H groups in total. The van der Waals surface area contributed by atoms with Gasteiger partial charge in [0.1, 0.15) is 0 Å². The van der Waals surface area contributed by atoms with Crippen LogP contribution < -0.4 is 11.1 Å². The van der Waals surface area contributed by atoms with Gasteiger partial charge >= 0.3 is 0 Å². The van der Waals surface area contributed by atoms with Crippen LogP contribution in [0.15, 0.2) is 0 Å². The van der Waals surface area contributed by atoms with Crippen LogP contribution in [0.2, 0.25) is 0 Å². The average Bonchev–Trinajstić information content (AvgIpc) is 2.17. The fourth-order valence-corrected chi connectivity index (χ4v) is 2.72. The van der Waals surface area contributed by atoms with E-state index >= 15 is 0 Å². The molecule has 2 fully saturated rings. The number of nitrogens with one attached hydrogen (secondary N) is 1. The molecule has 1 amide bonds. The molecule has 1 heterocycles. The Kier molecular flexibility index (Phi) is 2.54. The van der Waals surface area contributed by atoms with Crippen molar-refractivity contribution < 1.29 is 4.79 Å². The van der Waals surface area contributed by atoms with Gasteiger partial charge in [-0.1, -0.05) is 12.8 Å². The van der Waals surface area contributed by atoms with Crippen molar-refractivity contribution in [1.82, 2.24) is 5.32 Å². The van der Waals surface area contributed by atoms with Gasteiger partial charge in [-0.25, -0.2) is 0 Å². The van der Waals surface area contributed by atoms with E-state index < -0.39 is 0 Å². The van der Waals surface area contributed by atoms with Gasteiger partial charge in [0.15, 0.2) is 0 Å². The van der Waals surface area contributed by atoms with E-state index in [0.717, 1.165) is 13.0 Å². The quantitative estimate of drug-likeness (QED) is 0.625. The Labute approximate surface area is 79.1 Å². The number of carbonyl (C=O) groups is 1. The molecule has 0 aromatic carbocycles. The summed E-state index contributed by atoms with van der Waals surface area (Å²) in [4.78, 5) is 11.0. The van der Waals surface area contributed by atoms with E-state index in [1.165, 1.54) is 25.7 Å². The first-order valence-electron chi connectivity index (χ1n) is 5.30. The molecule has 0 aromatic rings. The van der Waals surface area contributed by atoms with E-state index in [4.69, 9.17) is 5.73 Å². The molecule has 0 spiro atoms. The van der Waals surface area contributed by atoms with Gasteiger partial charge in [-0.2, -0.15) is 0 Å². The molecule has 2 aliphatic rings. The van der Waals surface area contributed by atoms with Crippen molar-refractivity contribution in [3.63, 3.8) is 0 Å². The van der Waals surface area contributed by atoms with E-state index in [9.17, 15) is 4.79 Å². The topological polar surface area (TPSA) is 55.1 Å². The standard InChI is InChI=1S/C10H18N2O/c11-10(13)8-5-7-3-1-2-4-9(7)12-6-8/h7-9,12H,1-6H2,(H2,11,13)/t7?,8?,9-/m0/s1. The zero-order valence-electron chi connectivity index (χ0n) is 7.96. The Bertz CT molecular complexity index is 205. The monoisotopic (exact) mass is 182 g/mol. The van der Waals surface area contributed by atoms with Gasteiger partial charge in [0.05, 0.1) is 5.92 Å². The molecule has 74 valence electrons. The van der Waals surface area contributed by atoms with Crippen molar-refractivity contribution in [1.29, 1.82) is 0 Å². The maximum absolute atomic E-state index is 11.0. The number of piperidine rings is 1. The van der Waals surface area contributed by atoms with Gasteiger partial charge in [-0.05, 0) is 25.2 Å². The molecule has 1 saturated heterocycles. The minimum Gasteiger partial charge on any atom is -0.369 e. The molecule has 2 rings (SSSR count). The molecule has 1 aliphatic heterocycles. The van der Waals surface area contributed by atoms with Crippen LogP contribution in [-0.2, 0) is 4.79 Å². The number of hydrogen-bond acceptors (Lipinski definition) is 2. The van der Waals surface area contributed by atoms with Gasteiger partial charge in [0, 0.05) is 12.6 Å². The second-order valence-corrected chi connectivity index (χ2v) is 4.39. The number of hydrogen-bond donors (Lipinski definition) is 2. The maximum Gasteiger partial charge on any atom is 0.221 e. The Morgan fingerprint density at radius 3 is 2.85 bits per heavy atom. The fraction of sp³-hybridized carbons (Fsp3) is 0.900. The second-order valence-electron chi connectivity index (χ2n) is 4.39. The van der Waals surface area contributed by atoms with Crippen molar-refractivity contribution in [3.05, 3.63) is 0 Å². The number of amides is 1. The summed E-state index contributed by atoms with van der Waals surface area (Å²) in [5.41, 5.74) is 5.31. The number of nitrogens with two attached hydrogens (primary N) is 1.